The number of aromatic nitrogens is 2. The Kier molecular flexibility index (Phi) is 7.51. The average Bonchev–Trinajstić information content (AvgIpc) is 3.59. The Hall–Kier alpha value is -2.63. The van der Waals surface area contributed by atoms with Crippen molar-refractivity contribution in [3.05, 3.63) is 40.6 Å². The largest absolute Gasteiger partial charge is 0.497 e. The summed E-state index contributed by atoms with van der Waals surface area (Å²) in [6, 6.07) is 9.21. The van der Waals surface area contributed by atoms with Crippen LogP contribution >= 0.6 is 34.4 Å². The van der Waals surface area contributed by atoms with Crippen molar-refractivity contribution in [2.24, 2.45) is 0 Å². The topological polar surface area (TPSA) is 102 Å². The van der Waals surface area contributed by atoms with E-state index in [-0.39, 0.29) is 17.6 Å². The van der Waals surface area contributed by atoms with Crippen LogP contribution in [0, 0.1) is 0 Å². The van der Waals surface area contributed by atoms with Gasteiger partial charge in [0.15, 0.2) is 4.34 Å². The molecule has 0 saturated heterocycles. The first-order valence-electron chi connectivity index (χ1n) is 10.4. The van der Waals surface area contributed by atoms with Crippen molar-refractivity contribution in [2.75, 3.05) is 30.6 Å². The Balaban J connectivity index is 1.35. The van der Waals surface area contributed by atoms with E-state index in [1.165, 1.54) is 30.2 Å². The molecule has 1 saturated carbocycles. The molecular weight excluding hydrogens is 480 g/mol. The van der Waals surface area contributed by atoms with Gasteiger partial charge in [0.05, 0.1) is 31.1 Å². The number of hydrogen-bond donors (Lipinski definition) is 2. The molecule has 4 rings (SSSR count). The molecule has 1 aromatic carbocycles. The van der Waals surface area contributed by atoms with Crippen LogP contribution in [0.15, 0.2) is 40.1 Å². The van der Waals surface area contributed by atoms with Crippen LogP contribution in [0.1, 0.15) is 30.6 Å². The first-order valence-corrected chi connectivity index (χ1v) is 13.1. The van der Waals surface area contributed by atoms with Gasteiger partial charge in [-0.1, -0.05) is 42.0 Å². The number of carbonyl (C=O) groups is 2. The molecule has 2 aromatic heterocycles. The normalized spacial score (nSPS) is 14.6. The minimum atomic E-state index is -0.483. The van der Waals surface area contributed by atoms with Crippen LogP contribution in [0.2, 0.25) is 0 Å². The highest BCUT2D eigenvalue weighted by molar-refractivity contribution is 8.01. The number of amides is 2. The van der Waals surface area contributed by atoms with E-state index in [0.29, 0.717) is 26.7 Å². The lowest BCUT2D eigenvalue weighted by Crippen LogP contribution is -2.37. The molecule has 0 bridgehead atoms. The van der Waals surface area contributed by atoms with Gasteiger partial charge in [0, 0.05) is 10.9 Å². The molecule has 174 valence electrons. The number of benzene rings is 1. The quantitative estimate of drug-likeness (QED) is 0.319. The SMILES string of the molecule is COc1ccc(OC)c(NC(=O)CSc2nnc(NC(=O)C3(c4cccs4)CCCC3)s2)c1. The molecule has 1 aliphatic rings. The lowest BCUT2D eigenvalue weighted by Gasteiger charge is -2.25. The van der Waals surface area contributed by atoms with E-state index in [4.69, 9.17) is 9.47 Å². The molecule has 1 fully saturated rings. The van der Waals surface area contributed by atoms with Crippen molar-refractivity contribution in [1.29, 1.82) is 0 Å². The summed E-state index contributed by atoms with van der Waals surface area (Å²) in [6.45, 7) is 0. The van der Waals surface area contributed by atoms with E-state index in [9.17, 15) is 9.59 Å². The van der Waals surface area contributed by atoms with Crippen LogP contribution in [0.3, 0.4) is 0 Å². The maximum atomic E-state index is 13.2. The highest BCUT2D eigenvalue weighted by atomic mass is 32.2. The number of thiophene rings is 1. The fraction of sp³-hybridized carbons (Fsp3) is 0.364. The molecule has 3 aromatic rings. The van der Waals surface area contributed by atoms with Crippen LogP contribution in [-0.4, -0.2) is 42.0 Å². The van der Waals surface area contributed by atoms with Crippen LogP contribution in [0.5, 0.6) is 11.5 Å². The van der Waals surface area contributed by atoms with Crippen LogP contribution in [0.25, 0.3) is 0 Å². The van der Waals surface area contributed by atoms with E-state index >= 15 is 0 Å². The van der Waals surface area contributed by atoms with Crippen molar-refractivity contribution in [2.45, 2.75) is 35.4 Å². The average molecular weight is 505 g/mol. The third kappa shape index (κ3) is 5.31. The van der Waals surface area contributed by atoms with E-state index in [1.54, 1.807) is 36.6 Å². The van der Waals surface area contributed by atoms with Gasteiger partial charge in [-0.05, 0) is 36.4 Å². The second-order valence-electron chi connectivity index (χ2n) is 7.50. The Morgan fingerprint density at radius 2 is 1.94 bits per heavy atom. The molecule has 0 unspecified atom stereocenters. The van der Waals surface area contributed by atoms with Crippen molar-refractivity contribution < 1.29 is 19.1 Å². The number of anilines is 2. The Morgan fingerprint density at radius 3 is 2.64 bits per heavy atom. The molecule has 2 amide bonds. The number of nitrogens with one attached hydrogen (secondary N) is 2. The molecule has 0 radical (unpaired) electrons. The van der Waals surface area contributed by atoms with E-state index in [1.807, 2.05) is 17.5 Å². The number of ether oxygens (including phenoxy) is 2. The second-order valence-corrected chi connectivity index (χ2v) is 10.6. The van der Waals surface area contributed by atoms with Gasteiger partial charge in [-0.3, -0.25) is 14.9 Å². The molecular formula is C22H24N4O4S3. The fourth-order valence-electron chi connectivity index (χ4n) is 3.88. The molecule has 33 heavy (non-hydrogen) atoms. The van der Waals surface area contributed by atoms with E-state index in [2.05, 4.69) is 20.8 Å². The van der Waals surface area contributed by atoms with Crippen molar-refractivity contribution in [3.63, 3.8) is 0 Å². The smallest absolute Gasteiger partial charge is 0.237 e. The Labute approximate surface area is 204 Å². The number of methoxy groups -OCH3 is 2. The molecule has 8 nitrogen and oxygen atoms in total. The highest BCUT2D eigenvalue weighted by Gasteiger charge is 2.43. The maximum absolute atomic E-state index is 13.2. The molecule has 1 aliphatic carbocycles. The lowest BCUT2D eigenvalue weighted by atomic mass is 9.83. The summed E-state index contributed by atoms with van der Waals surface area (Å²) < 4.78 is 11.1. The van der Waals surface area contributed by atoms with Crippen molar-refractivity contribution in [1.82, 2.24) is 10.2 Å². The summed E-state index contributed by atoms with van der Waals surface area (Å²) >= 11 is 4.15. The molecule has 2 N–H and O–H groups in total. The van der Waals surface area contributed by atoms with Crippen LogP contribution < -0.4 is 20.1 Å². The number of thioether (sulfide) groups is 1. The first-order chi connectivity index (χ1) is 16.0. The minimum Gasteiger partial charge on any atom is -0.497 e. The number of carbonyl (C=O) groups excluding carboxylic acids is 2. The third-order valence-corrected chi connectivity index (χ3v) is 8.56. The predicted molar refractivity (Wildman–Crippen MR) is 132 cm³/mol. The zero-order chi connectivity index (χ0) is 23.3. The molecule has 0 aliphatic heterocycles. The predicted octanol–water partition coefficient (Wildman–Crippen LogP) is 4.80. The van der Waals surface area contributed by atoms with Crippen LogP contribution in [0.4, 0.5) is 10.8 Å². The summed E-state index contributed by atoms with van der Waals surface area (Å²) in [5.41, 5.74) is 0.0473. The summed E-state index contributed by atoms with van der Waals surface area (Å²) in [5, 5.41) is 16.5. The van der Waals surface area contributed by atoms with Gasteiger partial charge in [0.2, 0.25) is 16.9 Å². The van der Waals surface area contributed by atoms with Gasteiger partial charge in [0.25, 0.3) is 0 Å². The fourth-order valence-corrected chi connectivity index (χ4v) is 6.41. The Morgan fingerprint density at radius 1 is 1.12 bits per heavy atom. The van der Waals surface area contributed by atoms with Crippen molar-refractivity contribution in [3.8, 4) is 11.5 Å². The lowest BCUT2D eigenvalue weighted by molar-refractivity contribution is -0.121. The first kappa shape index (κ1) is 23.5. The zero-order valence-electron chi connectivity index (χ0n) is 18.3. The summed E-state index contributed by atoms with van der Waals surface area (Å²) in [7, 11) is 3.10. The van der Waals surface area contributed by atoms with Crippen LogP contribution in [-0.2, 0) is 15.0 Å². The molecule has 0 spiro atoms. The van der Waals surface area contributed by atoms with Gasteiger partial charge in [-0.2, -0.15) is 0 Å². The molecule has 2 heterocycles. The second kappa shape index (κ2) is 10.5. The molecule has 11 heteroatoms. The van der Waals surface area contributed by atoms with Gasteiger partial charge in [-0.25, -0.2) is 0 Å². The maximum Gasteiger partial charge on any atom is 0.237 e. The molecule has 0 atom stereocenters. The number of nitrogens with zero attached hydrogens (tertiary/aromatic N) is 2. The number of hydrogen-bond acceptors (Lipinski definition) is 9. The van der Waals surface area contributed by atoms with E-state index in [0.717, 1.165) is 30.6 Å². The zero-order valence-corrected chi connectivity index (χ0v) is 20.7. The number of rotatable bonds is 9. The minimum absolute atomic E-state index is 0.0296. The monoisotopic (exact) mass is 504 g/mol. The van der Waals surface area contributed by atoms with Gasteiger partial charge in [-0.15, -0.1) is 21.5 Å². The summed E-state index contributed by atoms with van der Waals surface area (Å²) in [5.74, 6) is 1.06. The standard InChI is InChI=1S/C22H24N4O4S3/c1-29-14-7-8-16(30-2)15(12-14)23-18(27)13-32-21-26-25-20(33-21)24-19(28)22(9-3-4-10-22)17-6-5-11-31-17/h5-8,11-12H,3-4,9-10,13H2,1-2H3,(H,23,27)(H,24,25,28). The van der Waals surface area contributed by atoms with Gasteiger partial charge < -0.3 is 14.8 Å². The van der Waals surface area contributed by atoms with Gasteiger partial charge in [0.1, 0.15) is 11.5 Å². The third-order valence-electron chi connectivity index (χ3n) is 5.52. The summed E-state index contributed by atoms with van der Waals surface area (Å²) in [4.78, 5) is 26.7. The van der Waals surface area contributed by atoms with E-state index < -0.39 is 5.41 Å². The van der Waals surface area contributed by atoms with Gasteiger partial charge >= 0.3 is 0 Å². The Bertz CT molecular complexity index is 1110. The summed E-state index contributed by atoms with van der Waals surface area (Å²) in [6.07, 6.45) is 3.76. The highest BCUT2D eigenvalue weighted by Crippen LogP contribution is 2.44. The van der Waals surface area contributed by atoms with Crippen molar-refractivity contribution >= 4 is 57.1 Å².